The highest BCUT2D eigenvalue weighted by Gasteiger charge is 2.17. The number of H-pyrrole nitrogens is 1. The van der Waals surface area contributed by atoms with Crippen LogP contribution in [0.25, 0.3) is 11.0 Å². The van der Waals surface area contributed by atoms with Crippen LogP contribution in [0, 0.1) is 0 Å². The lowest BCUT2D eigenvalue weighted by atomic mass is 10.3. The number of hydrogen-bond donors (Lipinski definition) is 2. The number of nitrogens with one attached hydrogen (secondary N) is 1. The van der Waals surface area contributed by atoms with Gasteiger partial charge in [-0.3, -0.25) is 9.89 Å². The molecule has 0 aliphatic heterocycles. The lowest BCUT2D eigenvalue weighted by Gasteiger charge is -2.24. The summed E-state index contributed by atoms with van der Waals surface area (Å²) in [4.78, 5) is 23.9. The quantitative estimate of drug-likeness (QED) is 0.811. The van der Waals surface area contributed by atoms with Crippen molar-refractivity contribution in [2.45, 2.75) is 13.8 Å². The Kier molecular flexibility index (Phi) is 4.02. The van der Waals surface area contributed by atoms with Crippen molar-refractivity contribution in [3.8, 4) is 0 Å². The summed E-state index contributed by atoms with van der Waals surface area (Å²) in [7, 11) is 1.80. The molecule has 8 nitrogen and oxygen atoms in total. The first-order valence-electron chi connectivity index (χ1n) is 6.52. The highest BCUT2D eigenvalue weighted by molar-refractivity contribution is 5.90. The Bertz CT molecular complexity index is 605. The number of aromatic amines is 1. The highest BCUT2D eigenvalue weighted by Crippen LogP contribution is 2.21. The van der Waals surface area contributed by atoms with E-state index in [1.165, 1.54) is 0 Å². The van der Waals surface area contributed by atoms with E-state index < -0.39 is 0 Å². The average molecular weight is 277 g/mol. The molecule has 2 aromatic rings. The third-order valence-electron chi connectivity index (χ3n) is 3.16. The molecule has 0 spiro atoms. The zero-order valence-corrected chi connectivity index (χ0v) is 11.9. The van der Waals surface area contributed by atoms with Crippen LogP contribution in [0.5, 0.6) is 0 Å². The van der Waals surface area contributed by atoms with E-state index in [4.69, 9.17) is 5.73 Å². The van der Waals surface area contributed by atoms with Crippen LogP contribution in [0.4, 0.5) is 11.8 Å². The molecule has 1 amide bonds. The largest absolute Gasteiger partial charge is 0.368 e. The molecule has 0 fully saturated rings. The number of likely N-dealkylation sites (N-methyl/N-ethyl adjacent to an activating group) is 2. The van der Waals surface area contributed by atoms with Crippen LogP contribution < -0.4 is 10.6 Å². The number of rotatable bonds is 5. The van der Waals surface area contributed by atoms with Crippen molar-refractivity contribution in [3.63, 3.8) is 0 Å². The smallest absolute Gasteiger partial charge is 0.242 e. The predicted molar refractivity (Wildman–Crippen MR) is 77.3 cm³/mol. The molecule has 2 aromatic heterocycles. The first-order chi connectivity index (χ1) is 9.56. The summed E-state index contributed by atoms with van der Waals surface area (Å²) in [6.45, 7) is 5.53. The summed E-state index contributed by atoms with van der Waals surface area (Å²) in [5, 5.41) is 7.42. The fourth-order valence-corrected chi connectivity index (χ4v) is 2.08. The highest BCUT2D eigenvalue weighted by atomic mass is 16.2. The van der Waals surface area contributed by atoms with Crippen LogP contribution in [0.1, 0.15) is 13.8 Å². The normalized spacial score (nSPS) is 10.8. The molecule has 0 saturated carbocycles. The van der Waals surface area contributed by atoms with Crippen molar-refractivity contribution in [1.29, 1.82) is 0 Å². The van der Waals surface area contributed by atoms with Gasteiger partial charge in [-0.25, -0.2) is 0 Å². The minimum atomic E-state index is 0.0475. The van der Waals surface area contributed by atoms with E-state index in [9.17, 15) is 4.79 Å². The van der Waals surface area contributed by atoms with Crippen molar-refractivity contribution < 1.29 is 4.79 Å². The average Bonchev–Trinajstić information content (AvgIpc) is 2.86. The second-order valence-corrected chi connectivity index (χ2v) is 4.46. The molecule has 0 aliphatic carbocycles. The third kappa shape index (κ3) is 2.63. The molecule has 0 saturated heterocycles. The molecule has 2 heterocycles. The zero-order chi connectivity index (χ0) is 14.7. The van der Waals surface area contributed by atoms with Gasteiger partial charge in [0.25, 0.3) is 0 Å². The van der Waals surface area contributed by atoms with E-state index in [-0.39, 0.29) is 18.4 Å². The van der Waals surface area contributed by atoms with E-state index in [1.807, 2.05) is 13.8 Å². The molecule has 0 radical (unpaired) electrons. The first kappa shape index (κ1) is 14.0. The van der Waals surface area contributed by atoms with E-state index in [0.717, 1.165) is 5.39 Å². The number of hydrogen-bond acceptors (Lipinski definition) is 6. The molecule has 0 aliphatic rings. The SMILES string of the molecule is CCN(CC)C(=O)CN(C)c1nc(N)nc2[nH]ncc12. The van der Waals surface area contributed by atoms with Gasteiger partial charge in [-0.15, -0.1) is 0 Å². The molecular weight excluding hydrogens is 258 g/mol. The Balaban J connectivity index is 2.25. The van der Waals surface area contributed by atoms with Gasteiger partial charge in [0.2, 0.25) is 11.9 Å². The number of nitrogens with two attached hydrogens (primary N) is 1. The fraction of sp³-hybridized carbons (Fsp3) is 0.500. The maximum absolute atomic E-state index is 12.1. The minimum Gasteiger partial charge on any atom is -0.368 e. The minimum absolute atomic E-state index is 0.0475. The van der Waals surface area contributed by atoms with Crippen molar-refractivity contribution in [2.24, 2.45) is 0 Å². The molecule has 8 heteroatoms. The maximum Gasteiger partial charge on any atom is 0.242 e. The first-order valence-corrected chi connectivity index (χ1v) is 6.52. The second-order valence-electron chi connectivity index (χ2n) is 4.46. The lowest BCUT2D eigenvalue weighted by Crippen LogP contribution is -2.39. The molecule has 108 valence electrons. The lowest BCUT2D eigenvalue weighted by molar-refractivity contribution is -0.129. The summed E-state index contributed by atoms with van der Waals surface area (Å²) in [6.07, 6.45) is 1.63. The van der Waals surface area contributed by atoms with Crippen LogP contribution in [0.3, 0.4) is 0 Å². The molecule has 0 unspecified atom stereocenters. The van der Waals surface area contributed by atoms with Gasteiger partial charge < -0.3 is 15.5 Å². The van der Waals surface area contributed by atoms with Crippen LogP contribution in [0.15, 0.2) is 6.20 Å². The van der Waals surface area contributed by atoms with E-state index >= 15 is 0 Å². The van der Waals surface area contributed by atoms with Gasteiger partial charge in [0.1, 0.15) is 5.82 Å². The Morgan fingerprint density at radius 2 is 2.05 bits per heavy atom. The zero-order valence-electron chi connectivity index (χ0n) is 11.9. The van der Waals surface area contributed by atoms with Gasteiger partial charge in [-0.2, -0.15) is 15.1 Å². The Hall–Kier alpha value is -2.38. The number of carbonyl (C=O) groups excluding carboxylic acids is 1. The number of fused-ring (bicyclic) bond motifs is 1. The standard InChI is InChI=1S/C12H19N7O/c1-4-19(5-2)9(20)7-18(3)11-8-6-14-17-10(8)15-12(13)16-11/h6H,4-5,7H2,1-3H3,(H3,13,14,15,16,17). The van der Waals surface area contributed by atoms with Gasteiger partial charge in [-0.05, 0) is 13.8 Å². The van der Waals surface area contributed by atoms with Gasteiger partial charge in [-0.1, -0.05) is 0 Å². The number of anilines is 2. The van der Waals surface area contributed by atoms with Crippen LogP contribution in [0.2, 0.25) is 0 Å². The molecule has 3 N–H and O–H groups in total. The Morgan fingerprint density at radius 1 is 1.35 bits per heavy atom. The second kappa shape index (κ2) is 5.72. The number of amides is 1. The summed E-state index contributed by atoms with van der Waals surface area (Å²) < 4.78 is 0. The fourth-order valence-electron chi connectivity index (χ4n) is 2.08. The van der Waals surface area contributed by atoms with Crippen LogP contribution in [-0.2, 0) is 4.79 Å². The summed E-state index contributed by atoms with van der Waals surface area (Å²) in [6, 6.07) is 0. The summed E-state index contributed by atoms with van der Waals surface area (Å²) in [5.41, 5.74) is 6.24. The van der Waals surface area contributed by atoms with Crippen LogP contribution in [-0.4, -0.2) is 57.7 Å². The van der Waals surface area contributed by atoms with Gasteiger partial charge in [0.05, 0.1) is 18.1 Å². The summed E-state index contributed by atoms with van der Waals surface area (Å²) >= 11 is 0. The topological polar surface area (TPSA) is 104 Å². The molecular formula is C12H19N7O. The van der Waals surface area contributed by atoms with Crippen molar-refractivity contribution in [1.82, 2.24) is 25.1 Å². The number of aromatic nitrogens is 4. The van der Waals surface area contributed by atoms with Crippen molar-refractivity contribution >= 4 is 28.7 Å². The number of nitrogen functional groups attached to an aromatic ring is 1. The van der Waals surface area contributed by atoms with E-state index in [0.29, 0.717) is 24.6 Å². The van der Waals surface area contributed by atoms with Gasteiger partial charge in [0.15, 0.2) is 5.65 Å². The Morgan fingerprint density at radius 3 is 2.70 bits per heavy atom. The van der Waals surface area contributed by atoms with Crippen LogP contribution >= 0.6 is 0 Å². The maximum atomic E-state index is 12.1. The van der Waals surface area contributed by atoms with Gasteiger partial charge >= 0.3 is 0 Å². The van der Waals surface area contributed by atoms with E-state index in [2.05, 4.69) is 20.2 Å². The predicted octanol–water partition coefficient (Wildman–Crippen LogP) is 0.240. The summed E-state index contributed by atoms with van der Waals surface area (Å²) in [5.74, 6) is 0.798. The molecule has 0 aromatic carbocycles. The number of carbonyl (C=O) groups is 1. The molecule has 0 bridgehead atoms. The van der Waals surface area contributed by atoms with Crippen molar-refractivity contribution in [2.75, 3.05) is 37.3 Å². The molecule has 0 atom stereocenters. The van der Waals surface area contributed by atoms with Crippen molar-refractivity contribution in [3.05, 3.63) is 6.20 Å². The Labute approximate surface area is 117 Å². The van der Waals surface area contributed by atoms with Gasteiger partial charge in [0, 0.05) is 20.1 Å². The third-order valence-corrected chi connectivity index (χ3v) is 3.16. The molecule has 2 rings (SSSR count). The number of nitrogens with zero attached hydrogens (tertiary/aromatic N) is 5. The monoisotopic (exact) mass is 277 g/mol. The van der Waals surface area contributed by atoms with E-state index in [1.54, 1.807) is 23.0 Å². The molecule has 20 heavy (non-hydrogen) atoms.